The first-order valence-electron chi connectivity index (χ1n) is 5.77. The van der Waals surface area contributed by atoms with Gasteiger partial charge in [-0.05, 0) is 24.5 Å². The minimum absolute atomic E-state index is 0.0574. The molecule has 1 atom stereocenters. The van der Waals surface area contributed by atoms with Crippen molar-refractivity contribution in [3.05, 3.63) is 24.0 Å². The molecule has 0 bridgehead atoms. The second-order valence-electron chi connectivity index (χ2n) is 5.41. The smallest absolute Gasteiger partial charge is 0.225 e. The zero-order valence-corrected chi connectivity index (χ0v) is 10.9. The number of nitrogens with zero attached hydrogens (tertiary/aromatic N) is 1. The van der Waals surface area contributed by atoms with E-state index < -0.39 is 0 Å². The van der Waals surface area contributed by atoms with E-state index >= 15 is 0 Å². The number of nitrogens with two attached hydrogens (primary N) is 1. The second-order valence-corrected chi connectivity index (χ2v) is 5.41. The maximum Gasteiger partial charge on any atom is 0.225 e. The zero-order chi connectivity index (χ0) is 13.1. The molecule has 0 spiro atoms. The summed E-state index contributed by atoms with van der Waals surface area (Å²) in [7, 11) is 0. The van der Waals surface area contributed by atoms with Crippen LogP contribution in [0.4, 0.5) is 5.69 Å². The Hall–Kier alpha value is -1.42. The Balaban J connectivity index is 2.56. The molecule has 0 saturated heterocycles. The summed E-state index contributed by atoms with van der Waals surface area (Å²) in [5.41, 5.74) is 7.54. The number of carbonyl (C=O) groups excluding carboxylic acids is 1. The van der Waals surface area contributed by atoms with Gasteiger partial charge in [-0.25, -0.2) is 0 Å². The fourth-order valence-electron chi connectivity index (χ4n) is 1.34. The van der Waals surface area contributed by atoms with E-state index in [1.807, 2.05) is 33.8 Å². The maximum atomic E-state index is 11.8. The van der Waals surface area contributed by atoms with Crippen LogP contribution in [0.1, 0.15) is 32.9 Å². The van der Waals surface area contributed by atoms with Gasteiger partial charge in [0.05, 0.1) is 0 Å². The molecule has 94 valence electrons. The number of amides is 1. The summed E-state index contributed by atoms with van der Waals surface area (Å²) >= 11 is 0. The third kappa shape index (κ3) is 4.53. The summed E-state index contributed by atoms with van der Waals surface area (Å²) < 4.78 is 0. The van der Waals surface area contributed by atoms with Gasteiger partial charge in [-0.15, -0.1) is 0 Å². The van der Waals surface area contributed by atoms with Crippen molar-refractivity contribution in [2.45, 2.75) is 40.2 Å². The summed E-state index contributed by atoms with van der Waals surface area (Å²) in [6, 6.07) is 3.46. The maximum absolute atomic E-state index is 11.8. The largest absolute Gasteiger partial charge is 0.327 e. The molecule has 0 aliphatic heterocycles. The number of hydrogen-bond acceptors (Lipinski definition) is 3. The van der Waals surface area contributed by atoms with E-state index in [0.29, 0.717) is 6.42 Å². The van der Waals surface area contributed by atoms with Crippen LogP contribution in [0.2, 0.25) is 0 Å². The number of hydrogen-bond donors (Lipinski definition) is 2. The first-order valence-corrected chi connectivity index (χ1v) is 5.77. The lowest BCUT2D eigenvalue weighted by Crippen LogP contribution is -2.38. The van der Waals surface area contributed by atoms with Crippen LogP contribution in [0.3, 0.4) is 0 Å². The number of rotatable bonds is 3. The van der Waals surface area contributed by atoms with Crippen LogP contribution >= 0.6 is 0 Å². The molecular formula is C13H21N3O. The Kier molecular flexibility index (Phi) is 4.23. The molecule has 4 heteroatoms. The molecule has 0 aromatic carbocycles. The van der Waals surface area contributed by atoms with E-state index in [-0.39, 0.29) is 17.4 Å². The van der Waals surface area contributed by atoms with Crippen molar-refractivity contribution < 1.29 is 4.79 Å². The molecule has 3 N–H and O–H groups in total. The lowest BCUT2D eigenvalue weighted by molar-refractivity contribution is -0.117. The van der Waals surface area contributed by atoms with Crippen molar-refractivity contribution in [1.82, 2.24) is 4.98 Å². The monoisotopic (exact) mass is 235 g/mol. The molecule has 0 aliphatic carbocycles. The van der Waals surface area contributed by atoms with Gasteiger partial charge in [0, 0.05) is 30.0 Å². The standard InChI is InChI=1S/C13H21N3O/c1-9-7-10(5-6-15-9)16-12(17)8-11(14)13(2,3)4/h5-7,11H,8,14H2,1-4H3,(H,15,16,17). The average Bonchev–Trinajstić information content (AvgIpc) is 2.15. The Morgan fingerprint density at radius 3 is 2.71 bits per heavy atom. The summed E-state index contributed by atoms with van der Waals surface area (Å²) in [6.07, 6.45) is 2.00. The van der Waals surface area contributed by atoms with Crippen LogP contribution in [0.25, 0.3) is 0 Å². The van der Waals surface area contributed by atoms with Gasteiger partial charge in [0.15, 0.2) is 0 Å². The zero-order valence-electron chi connectivity index (χ0n) is 10.9. The van der Waals surface area contributed by atoms with Crippen LogP contribution in [0.15, 0.2) is 18.3 Å². The van der Waals surface area contributed by atoms with E-state index in [1.165, 1.54) is 0 Å². The predicted molar refractivity (Wildman–Crippen MR) is 69.7 cm³/mol. The van der Waals surface area contributed by atoms with Crippen molar-refractivity contribution in [3.8, 4) is 0 Å². The molecule has 4 nitrogen and oxygen atoms in total. The third-order valence-electron chi connectivity index (χ3n) is 2.70. The van der Waals surface area contributed by atoms with E-state index in [4.69, 9.17) is 5.73 Å². The molecule has 1 amide bonds. The van der Waals surface area contributed by atoms with Crippen molar-refractivity contribution >= 4 is 11.6 Å². The fourth-order valence-corrected chi connectivity index (χ4v) is 1.34. The SMILES string of the molecule is Cc1cc(NC(=O)CC(N)C(C)(C)C)ccn1. The number of pyridine rings is 1. The summed E-state index contributed by atoms with van der Waals surface area (Å²) in [5, 5.41) is 2.83. The topological polar surface area (TPSA) is 68.0 Å². The van der Waals surface area contributed by atoms with Crippen molar-refractivity contribution in [1.29, 1.82) is 0 Å². The molecule has 17 heavy (non-hydrogen) atoms. The van der Waals surface area contributed by atoms with Crippen LogP contribution in [-0.4, -0.2) is 16.9 Å². The highest BCUT2D eigenvalue weighted by molar-refractivity contribution is 5.91. The summed E-state index contributed by atoms with van der Waals surface area (Å²) in [4.78, 5) is 15.8. The van der Waals surface area contributed by atoms with Gasteiger partial charge in [-0.2, -0.15) is 0 Å². The molecule has 1 aromatic rings. The normalized spacial score (nSPS) is 13.2. The highest BCUT2D eigenvalue weighted by Crippen LogP contribution is 2.20. The minimum atomic E-state index is -0.148. The van der Waals surface area contributed by atoms with Crippen LogP contribution in [0, 0.1) is 12.3 Å². The Morgan fingerprint density at radius 1 is 1.53 bits per heavy atom. The van der Waals surface area contributed by atoms with Gasteiger partial charge in [-0.3, -0.25) is 9.78 Å². The number of carbonyl (C=O) groups is 1. The predicted octanol–water partition coefficient (Wildman–Crippen LogP) is 2.09. The van der Waals surface area contributed by atoms with E-state index in [1.54, 1.807) is 12.3 Å². The highest BCUT2D eigenvalue weighted by atomic mass is 16.1. The highest BCUT2D eigenvalue weighted by Gasteiger charge is 2.23. The van der Waals surface area contributed by atoms with Gasteiger partial charge in [-0.1, -0.05) is 20.8 Å². The number of aromatic nitrogens is 1. The molecule has 1 unspecified atom stereocenters. The molecular weight excluding hydrogens is 214 g/mol. The fraction of sp³-hybridized carbons (Fsp3) is 0.538. The van der Waals surface area contributed by atoms with Gasteiger partial charge in [0.1, 0.15) is 0 Å². The first kappa shape index (κ1) is 13.6. The quantitative estimate of drug-likeness (QED) is 0.843. The van der Waals surface area contributed by atoms with Crippen LogP contribution in [-0.2, 0) is 4.79 Å². The van der Waals surface area contributed by atoms with Gasteiger partial charge in [0.25, 0.3) is 0 Å². The molecule has 0 radical (unpaired) electrons. The van der Waals surface area contributed by atoms with Crippen molar-refractivity contribution in [2.75, 3.05) is 5.32 Å². The van der Waals surface area contributed by atoms with E-state index in [0.717, 1.165) is 11.4 Å². The molecule has 0 fully saturated rings. The number of anilines is 1. The van der Waals surface area contributed by atoms with Crippen LogP contribution < -0.4 is 11.1 Å². The Bertz CT molecular complexity index is 396. The Morgan fingerprint density at radius 2 is 2.18 bits per heavy atom. The van der Waals surface area contributed by atoms with E-state index in [2.05, 4.69) is 10.3 Å². The summed E-state index contributed by atoms with van der Waals surface area (Å²) in [6.45, 7) is 7.97. The first-order chi connectivity index (χ1) is 7.79. The number of aryl methyl sites for hydroxylation is 1. The van der Waals surface area contributed by atoms with Gasteiger partial charge in [0.2, 0.25) is 5.91 Å². The third-order valence-corrected chi connectivity index (χ3v) is 2.70. The minimum Gasteiger partial charge on any atom is -0.327 e. The average molecular weight is 235 g/mol. The lowest BCUT2D eigenvalue weighted by Gasteiger charge is -2.26. The van der Waals surface area contributed by atoms with E-state index in [9.17, 15) is 4.79 Å². The van der Waals surface area contributed by atoms with Crippen molar-refractivity contribution in [2.24, 2.45) is 11.1 Å². The number of nitrogens with one attached hydrogen (secondary N) is 1. The Labute approximate surface area is 103 Å². The lowest BCUT2D eigenvalue weighted by atomic mass is 9.85. The second kappa shape index (κ2) is 5.27. The molecule has 1 heterocycles. The molecule has 1 rings (SSSR count). The van der Waals surface area contributed by atoms with Crippen LogP contribution in [0.5, 0.6) is 0 Å². The molecule has 0 saturated carbocycles. The summed E-state index contributed by atoms with van der Waals surface area (Å²) in [5.74, 6) is -0.0574. The molecule has 0 aliphatic rings. The van der Waals surface area contributed by atoms with Gasteiger partial charge < -0.3 is 11.1 Å². The molecule has 1 aromatic heterocycles. The van der Waals surface area contributed by atoms with Crippen molar-refractivity contribution in [3.63, 3.8) is 0 Å². The van der Waals surface area contributed by atoms with Gasteiger partial charge >= 0.3 is 0 Å².